The minimum Gasteiger partial charge on any atom is -0.227 e. The molecule has 0 bridgehead atoms. The van der Waals surface area contributed by atoms with Crippen molar-refractivity contribution in [2.24, 2.45) is 0 Å². The Morgan fingerprint density at radius 1 is 1.27 bits per heavy atom. The number of rotatable bonds is 1. The molecule has 0 saturated heterocycles. The topological polar surface area (TPSA) is 12.9 Å². The van der Waals surface area contributed by atoms with Crippen molar-refractivity contribution in [1.29, 1.82) is 0 Å². The maximum atomic E-state index is 12.7. The lowest BCUT2D eigenvalue weighted by Crippen LogP contribution is -2.12. The first-order valence-corrected chi connectivity index (χ1v) is 4.23. The van der Waals surface area contributed by atoms with E-state index in [4.69, 9.17) is 0 Å². The lowest BCUT2D eigenvalue weighted by atomic mass is 10.1. The molecular weight excluding hydrogens is 292 g/mol. The molecule has 1 rings (SSSR count). The molecule has 1 heterocycles. The predicted molar refractivity (Wildman–Crippen MR) is 41.9 cm³/mol. The smallest absolute Gasteiger partial charge is 0.227 e. The van der Waals surface area contributed by atoms with Crippen LogP contribution in [0, 0.1) is 5.95 Å². The molecule has 0 radical (unpaired) electrons. The third-order valence-electron chi connectivity index (χ3n) is 1.52. The van der Waals surface area contributed by atoms with Gasteiger partial charge in [0.2, 0.25) is 5.95 Å². The number of alkyl halides is 5. The second-order valence-electron chi connectivity index (χ2n) is 2.49. The number of pyridine rings is 1. The molecule has 0 aliphatic rings. The van der Waals surface area contributed by atoms with Gasteiger partial charge in [-0.25, -0.2) is 13.8 Å². The normalized spacial score (nSPS) is 12.3. The molecular formula is C7H2BrF6N. The molecule has 1 aromatic heterocycles. The van der Waals surface area contributed by atoms with Crippen LogP contribution in [0.25, 0.3) is 0 Å². The summed E-state index contributed by atoms with van der Waals surface area (Å²) >= 11 is 2.24. The first-order valence-electron chi connectivity index (χ1n) is 3.44. The lowest BCUT2D eigenvalue weighted by molar-refractivity contribution is -0.140. The van der Waals surface area contributed by atoms with Gasteiger partial charge in [-0.3, -0.25) is 0 Å². The Labute approximate surface area is 88.2 Å². The minimum absolute atomic E-state index is 0.174. The van der Waals surface area contributed by atoms with E-state index < -0.39 is 34.1 Å². The van der Waals surface area contributed by atoms with Gasteiger partial charge in [-0.2, -0.15) is 17.6 Å². The minimum atomic E-state index is -5.06. The van der Waals surface area contributed by atoms with E-state index in [0.29, 0.717) is 0 Å². The SMILES string of the molecule is Fc1ncc(C(F)F)c(C(F)(F)F)c1Br. The monoisotopic (exact) mass is 293 g/mol. The Kier molecular flexibility index (Phi) is 3.27. The molecule has 1 nitrogen and oxygen atoms in total. The standard InChI is InChI=1S/C7H2BrF6N/c8-4-3(7(12,13)14)2(5(9)10)1-15-6(4)11/h1,5H. The van der Waals surface area contributed by atoms with Crippen LogP contribution in [0.1, 0.15) is 17.6 Å². The molecule has 8 heteroatoms. The van der Waals surface area contributed by atoms with Crippen LogP contribution in [-0.4, -0.2) is 4.98 Å². The zero-order valence-corrected chi connectivity index (χ0v) is 8.33. The molecule has 0 spiro atoms. The summed E-state index contributed by atoms with van der Waals surface area (Å²) < 4.78 is 72.8. The van der Waals surface area contributed by atoms with E-state index in [1.54, 1.807) is 0 Å². The summed E-state index contributed by atoms with van der Waals surface area (Å²) in [6, 6.07) is 0. The van der Waals surface area contributed by atoms with Crippen molar-refractivity contribution in [3.05, 3.63) is 27.7 Å². The van der Waals surface area contributed by atoms with Gasteiger partial charge >= 0.3 is 6.18 Å². The van der Waals surface area contributed by atoms with Crippen LogP contribution in [0.15, 0.2) is 10.7 Å². The summed E-state index contributed by atoms with van der Waals surface area (Å²) in [7, 11) is 0. The van der Waals surface area contributed by atoms with E-state index in [1.165, 1.54) is 0 Å². The molecule has 1 aromatic rings. The molecule has 0 saturated carbocycles. The third kappa shape index (κ3) is 2.42. The quantitative estimate of drug-likeness (QED) is 0.564. The van der Waals surface area contributed by atoms with Gasteiger partial charge in [-0.1, -0.05) is 0 Å². The number of halogens is 7. The van der Waals surface area contributed by atoms with Gasteiger partial charge in [0.1, 0.15) is 0 Å². The van der Waals surface area contributed by atoms with Crippen molar-refractivity contribution in [2.45, 2.75) is 12.6 Å². The molecule has 0 aliphatic carbocycles. The first kappa shape index (κ1) is 12.3. The van der Waals surface area contributed by atoms with Gasteiger partial charge in [0.05, 0.1) is 10.0 Å². The summed E-state index contributed by atoms with van der Waals surface area (Å²) in [5, 5.41) is 0. The fourth-order valence-corrected chi connectivity index (χ4v) is 1.49. The largest absolute Gasteiger partial charge is 0.418 e. The Bertz CT molecular complexity index is 374. The third-order valence-corrected chi connectivity index (χ3v) is 2.25. The van der Waals surface area contributed by atoms with Crippen molar-refractivity contribution >= 4 is 15.9 Å². The average Bonchev–Trinajstić information content (AvgIpc) is 2.06. The Morgan fingerprint density at radius 3 is 2.20 bits per heavy atom. The lowest BCUT2D eigenvalue weighted by Gasteiger charge is -2.13. The summed E-state index contributed by atoms with van der Waals surface area (Å²) in [6.45, 7) is 0. The highest BCUT2D eigenvalue weighted by Gasteiger charge is 2.39. The number of hydrogen-bond acceptors (Lipinski definition) is 1. The molecule has 0 atom stereocenters. The first-order chi connectivity index (χ1) is 6.75. The molecule has 0 fully saturated rings. The van der Waals surface area contributed by atoms with Gasteiger partial charge < -0.3 is 0 Å². The Balaban J connectivity index is 3.49. The second kappa shape index (κ2) is 3.99. The van der Waals surface area contributed by atoms with E-state index in [2.05, 4.69) is 20.9 Å². The zero-order chi connectivity index (χ0) is 11.8. The van der Waals surface area contributed by atoms with Crippen LogP contribution in [0.5, 0.6) is 0 Å². The number of aromatic nitrogens is 1. The van der Waals surface area contributed by atoms with Gasteiger partial charge in [-0.15, -0.1) is 0 Å². The fraction of sp³-hybridized carbons (Fsp3) is 0.286. The molecule has 0 amide bonds. The summed E-state index contributed by atoms with van der Waals surface area (Å²) in [4.78, 5) is 2.78. The summed E-state index contributed by atoms with van der Waals surface area (Å²) in [6.07, 6.45) is -8.26. The van der Waals surface area contributed by atoms with Crippen molar-refractivity contribution in [3.63, 3.8) is 0 Å². The van der Waals surface area contributed by atoms with Gasteiger partial charge in [0.15, 0.2) is 0 Å². The number of nitrogens with zero attached hydrogens (tertiary/aromatic N) is 1. The summed E-state index contributed by atoms with van der Waals surface area (Å²) in [5.74, 6) is -1.48. The second-order valence-corrected chi connectivity index (χ2v) is 3.28. The van der Waals surface area contributed by atoms with Gasteiger partial charge in [-0.05, 0) is 15.9 Å². The molecule has 0 N–H and O–H groups in total. The highest BCUT2D eigenvalue weighted by molar-refractivity contribution is 9.10. The van der Waals surface area contributed by atoms with E-state index in [9.17, 15) is 26.3 Å². The molecule has 0 aliphatic heterocycles. The van der Waals surface area contributed by atoms with Crippen molar-refractivity contribution < 1.29 is 26.3 Å². The van der Waals surface area contributed by atoms with Crippen LogP contribution in [0.2, 0.25) is 0 Å². The highest BCUT2D eigenvalue weighted by Crippen LogP contribution is 2.40. The van der Waals surface area contributed by atoms with E-state index in [-0.39, 0.29) is 6.20 Å². The predicted octanol–water partition coefficient (Wildman–Crippen LogP) is 3.94. The van der Waals surface area contributed by atoms with Crippen LogP contribution in [0.4, 0.5) is 26.3 Å². The maximum absolute atomic E-state index is 12.7. The molecule has 0 aromatic carbocycles. The van der Waals surface area contributed by atoms with Crippen molar-refractivity contribution in [2.75, 3.05) is 0 Å². The van der Waals surface area contributed by atoms with Crippen molar-refractivity contribution in [1.82, 2.24) is 4.98 Å². The molecule has 0 unspecified atom stereocenters. The number of hydrogen-bond donors (Lipinski definition) is 0. The highest BCUT2D eigenvalue weighted by atomic mass is 79.9. The van der Waals surface area contributed by atoms with Crippen LogP contribution < -0.4 is 0 Å². The zero-order valence-electron chi connectivity index (χ0n) is 6.75. The van der Waals surface area contributed by atoms with Crippen LogP contribution >= 0.6 is 15.9 Å². The van der Waals surface area contributed by atoms with E-state index in [0.717, 1.165) is 0 Å². The van der Waals surface area contributed by atoms with Gasteiger partial charge in [0, 0.05) is 11.8 Å². The molecule has 15 heavy (non-hydrogen) atoms. The summed E-state index contributed by atoms with van der Waals surface area (Å²) in [5.41, 5.74) is -3.08. The van der Waals surface area contributed by atoms with E-state index in [1.807, 2.05) is 0 Å². The maximum Gasteiger partial charge on any atom is 0.418 e. The van der Waals surface area contributed by atoms with E-state index >= 15 is 0 Å². The van der Waals surface area contributed by atoms with Gasteiger partial charge in [0.25, 0.3) is 6.43 Å². The average molecular weight is 294 g/mol. The Hall–Kier alpha value is -0.790. The fourth-order valence-electron chi connectivity index (χ4n) is 0.931. The van der Waals surface area contributed by atoms with Crippen LogP contribution in [0.3, 0.4) is 0 Å². The molecule has 84 valence electrons. The van der Waals surface area contributed by atoms with Crippen molar-refractivity contribution in [3.8, 4) is 0 Å². The Morgan fingerprint density at radius 2 is 1.80 bits per heavy atom. The van der Waals surface area contributed by atoms with Crippen LogP contribution in [-0.2, 0) is 6.18 Å².